The van der Waals surface area contributed by atoms with Crippen LogP contribution >= 0.6 is 0 Å². The summed E-state index contributed by atoms with van der Waals surface area (Å²) in [5, 5.41) is 3.43. The molecule has 0 bridgehead atoms. The van der Waals surface area contributed by atoms with E-state index in [1.54, 1.807) is 0 Å². The molecule has 0 aromatic carbocycles. The van der Waals surface area contributed by atoms with Crippen molar-refractivity contribution in [2.45, 2.75) is 39.2 Å². The zero-order valence-corrected chi connectivity index (χ0v) is 8.31. The van der Waals surface area contributed by atoms with Crippen LogP contribution in [0, 0.1) is 5.92 Å². The minimum absolute atomic E-state index is 0.489. The van der Waals surface area contributed by atoms with E-state index in [-0.39, 0.29) is 0 Å². The highest BCUT2D eigenvalue weighted by atomic mass is 16.5. The second kappa shape index (κ2) is 5.55. The maximum atomic E-state index is 5.69. The molecule has 0 saturated carbocycles. The summed E-state index contributed by atoms with van der Waals surface area (Å²) in [6.45, 7) is 7.50. The molecule has 0 radical (unpaired) electrons. The Labute approximate surface area is 75.7 Å². The summed E-state index contributed by atoms with van der Waals surface area (Å²) in [6, 6.07) is 0. The average Bonchev–Trinajstić information content (AvgIpc) is 2.15. The van der Waals surface area contributed by atoms with Gasteiger partial charge in [-0.05, 0) is 38.6 Å². The van der Waals surface area contributed by atoms with Gasteiger partial charge in [-0.15, -0.1) is 0 Å². The van der Waals surface area contributed by atoms with E-state index in [1.165, 1.54) is 19.4 Å². The minimum Gasteiger partial charge on any atom is -0.378 e. The van der Waals surface area contributed by atoms with Gasteiger partial charge in [0.05, 0.1) is 6.10 Å². The molecule has 1 rings (SSSR count). The van der Waals surface area contributed by atoms with Gasteiger partial charge in [0.25, 0.3) is 0 Å². The summed E-state index contributed by atoms with van der Waals surface area (Å²) in [7, 11) is 0. The van der Waals surface area contributed by atoms with Crippen molar-refractivity contribution in [1.29, 1.82) is 0 Å². The van der Waals surface area contributed by atoms with Crippen LogP contribution in [0.15, 0.2) is 0 Å². The van der Waals surface area contributed by atoms with Crippen LogP contribution in [0.2, 0.25) is 0 Å². The summed E-state index contributed by atoms with van der Waals surface area (Å²) in [6.07, 6.45) is 4.29. The first-order valence-corrected chi connectivity index (χ1v) is 5.20. The fraction of sp³-hybridized carbons (Fsp3) is 1.00. The van der Waals surface area contributed by atoms with Gasteiger partial charge in [0.15, 0.2) is 0 Å². The maximum absolute atomic E-state index is 5.69. The number of hydrogen-bond donors (Lipinski definition) is 1. The normalized spacial score (nSPS) is 27.0. The molecule has 12 heavy (non-hydrogen) atoms. The van der Waals surface area contributed by atoms with Gasteiger partial charge < -0.3 is 10.1 Å². The lowest BCUT2D eigenvalue weighted by Crippen LogP contribution is -2.37. The first-order valence-electron chi connectivity index (χ1n) is 5.20. The van der Waals surface area contributed by atoms with Gasteiger partial charge in [-0.3, -0.25) is 0 Å². The molecule has 1 fully saturated rings. The van der Waals surface area contributed by atoms with E-state index >= 15 is 0 Å². The Kier molecular flexibility index (Phi) is 4.62. The molecule has 0 aromatic rings. The van der Waals surface area contributed by atoms with Crippen LogP contribution < -0.4 is 5.32 Å². The molecule has 0 spiro atoms. The molecule has 2 nitrogen and oxygen atoms in total. The first kappa shape index (κ1) is 10.0. The molecule has 1 aliphatic rings. The van der Waals surface area contributed by atoms with E-state index in [4.69, 9.17) is 4.74 Å². The Hall–Kier alpha value is -0.0800. The maximum Gasteiger partial charge on any atom is 0.0612 e. The van der Waals surface area contributed by atoms with E-state index in [1.807, 2.05) is 0 Å². The highest BCUT2D eigenvalue weighted by molar-refractivity contribution is 4.75. The Bertz CT molecular complexity index is 108. The molecule has 1 N–H and O–H groups in total. The van der Waals surface area contributed by atoms with E-state index in [0.717, 1.165) is 25.5 Å². The van der Waals surface area contributed by atoms with Crippen molar-refractivity contribution < 1.29 is 4.74 Å². The Morgan fingerprint density at radius 3 is 2.83 bits per heavy atom. The zero-order valence-electron chi connectivity index (χ0n) is 8.31. The average molecular weight is 171 g/mol. The molecule has 0 aromatic heterocycles. The van der Waals surface area contributed by atoms with Crippen LogP contribution in [-0.2, 0) is 4.74 Å². The quantitative estimate of drug-likeness (QED) is 0.696. The lowest BCUT2D eigenvalue weighted by Gasteiger charge is -2.29. The minimum atomic E-state index is 0.489. The summed E-state index contributed by atoms with van der Waals surface area (Å²) in [4.78, 5) is 0. The number of piperidine rings is 1. The van der Waals surface area contributed by atoms with Gasteiger partial charge in [0.2, 0.25) is 0 Å². The highest BCUT2D eigenvalue weighted by Crippen LogP contribution is 2.19. The molecule has 0 aliphatic carbocycles. The van der Waals surface area contributed by atoms with Crippen LogP contribution in [0.1, 0.15) is 33.1 Å². The number of nitrogens with one attached hydrogen (secondary N) is 1. The Balaban J connectivity index is 2.29. The molecule has 0 amide bonds. The van der Waals surface area contributed by atoms with Crippen molar-refractivity contribution in [2.75, 3.05) is 19.7 Å². The molecule has 2 atom stereocenters. The second-order valence-electron chi connectivity index (χ2n) is 3.51. The van der Waals surface area contributed by atoms with Gasteiger partial charge in [0, 0.05) is 13.2 Å². The lowest BCUT2D eigenvalue weighted by atomic mass is 9.92. The molecule has 1 heterocycles. The topological polar surface area (TPSA) is 21.3 Å². The fourth-order valence-corrected chi connectivity index (χ4v) is 2.00. The number of ether oxygens (including phenoxy) is 1. The van der Waals surface area contributed by atoms with Crippen molar-refractivity contribution >= 4 is 0 Å². The number of hydrogen-bond acceptors (Lipinski definition) is 2. The van der Waals surface area contributed by atoms with E-state index in [2.05, 4.69) is 19.2 Å². The third kappa shape index (κ3) is 2.76. The van der Waals surface area contributed by atoms with Crippen molar-refractivity contribution in [3.63, 3.8) is 0 Å². The van der Waals surface area contributed by atoms with Crippen molar-refractivity contribution in [2.24, 2.45) is 5.92 Å². The van der Waals surface area contributed by atoms with Crippen LogP contribution in [0.5, 0.6) is 0 Å². The molecular weight excluding hydrogens is 150 g/mol. The number of rotatable bonds is 4. The van der Waals surface area contributed by atoms with Crippen LogP contribution in [0.25, 0.3) is 0 Å². The molecule has 1 saturated heterocycles. The van der Waals surface area contributed by atoms with Crippen LogP contribution in [0.4, 0.5) is 0 Å². The summed E-state index contributed by atoms with van der Waals surface area (Å²) in [5.74, 6) is 0.753. The molecule has 0 unspecified atom stereocenters. The predicted octanol–water partition coefficient (Wildman–Crippen LogP) is 1.80. The smallest absolute Gasteiger partial charge is 0.0612 e. The van der Waals surface area contributed by atoms with Crippen molar-refractivity contribution in [1.82, 2.24) is 5.32 Å². The van der Waals surface area contributed by atoms with Crippen molar-refractivity contribution in [3.05, 3.63) is 0 Å². The molecule has 2 heteroatoms. The van der Waals surface area contributed by atoms with Crippen LogP contribution in [0.3, 0.4) is 0 Å². The molecule has 72 valence electrons. The van der Waals surface area contributed by atoms with Gasteiger partial charge >= 0.3 is 0 Å². The van der Waals surface area contributed by atoms with Gasteiger partial charge in [-0.25, -0.2) is 0 Å². The molecular formula is C10H21NO. The summed E-state index contributed by atoms with van der Waals surface area (Å²) in [5.41, 5.74) is 0. The predicted molar refractivity (Wildman–Crippen MR) is 51.3 cm³/mol. The molecule has 1 aliphatic heterocycles. The largest absolute Gasteiger partial charge is 0.378 e. The van der Waals surface area contributed by atoms with E-state index < -0.39 is 0 Å². The van der Waals surface area contributed by atoms with E-state index in [9.17, 15) is 0 Å². The van der Waals surface area contributed by atoms with Gasteiger partial charge in [-0.2, -0.15) is 0 Å². The Morgan fingerprint density at radius 1 is 1.50 bits per heavy atom. The Morgan fingerprint density at radius 2 is 2.33 bits per heavy atom. The highest BCUT2D eigenvalue weighted by Gasteiger charge is 2.21. The summed E-state index contributed by atoms with van der Waals surface area (Å²) >= 11 is 0. The standard InChI is InChI=1S/C10H21NO/c1-3-10(12-4-2)9-6-5-7-11-8-9/h9-11H,3-8H2,1-2H3/t9-,10+/m1/s1. The van der Waals surface area contributed by atoms with Gasteiger partial charge in [0.1, 0.15) is 0 Å². The third-order valence-electron chi connectivity index (χ3n) is 2.64. The fourth-order valence-electron chi connectivity index (χ4n) is 2.00. The second-order valence-corrected chi connectivity index (χ2v) is 3.51. The first-order chi connectivity index (χ1) is 5.88. The SMILES string of the molecule is CCO[C@@H](CC)[C@@H]1CCCNC1. The third-order valence-corrected chi connectivity index (χ3v) is 2.64. The van der Waals surface area contributed by atoms with Gasteiger partial charge in [-0.1, -0.05) is 6.92 Å². The monoisotopic (exact) mass is 171 g/mol. The zero-order chi connectivity index (χ0) is 8.81. The lowest BCUT2D eigenvalue weighted by molar-refractivity contribution is 0.00964. The van der Waals surface area contributed by atoms with Crippen molar-refractivity contribution in [3.8, 4) is 0 Å². The summed E-state index contributed by atoms with van der Waals surface area (Å²) < 4.78 is 5.69. The van der Waals surface area contributed by atoms with E-state index in [0.29, 0.717) is 6.10 Å². The van der Waals surface area contributed by atoms with Crippen LogP contribution in [-0.4, -0.2) is 25.8 Å².